The van der Waals surface area contributed by atoms with Crippen LogP contribution in [-0.4, -0.2) is 69.0 Å². The zero-order chi connectivity index (χ0) is 39.5. The van der Waals surface area contributed by atoms with Crippen molar-refractivity contribution < 1.29 is 28.9 Å². The first-order chi connectivity index (χ1) is 25.3. The molecule has 0 saturated heterocycles. The third-order valence-electron chi connectivity index (χ3n) is 7.65. The summed E-state index contributed by atoms with van der Waals surface area (Å²) < 4.78 is 9.91. The summed E-state index contributed by atoms with van der Waals surface area (Å²) in [7, 11) is 0. The molecule has 1 aliphatic rings. The van der Waals surface area contributed by atoms with Gasteiger partial charge in [0.1, 0.15) is 11.9 Å². The number of para-hydroxylation sites is 3. The van der Waals surface area contributed by atoms with Crippen molar-refractivity contribution >= 4 is 35.1 Å². The van der Waals surface area contributed by atoms with E-state index in [1.165, 1.54) is 19.1 Å². The van der Waals surface area contributed by atoms with Gasteiger partial charge >= 0.3 is 12.2 Å². The van der Waals surface area contributed by atoms with E-state index in [0.717, 1.165) is 16.2 Å². The van der Waals surface area contributed by atoms with E-state index in [1.807, 2.05) is 43.3 Å². The van der Waals surface area contributed by atoms with Crippen LogP contribution >= 0.6 is 0 Å². The Balaban J connectivity index is 0.000000278. The van der Waals surface area contributed by atoms with E-state index in [-0.39, 0.29) is 42.7 Å². The first-order valence-electron chi connectivity index (χ1n) is 16.5. The molecule has 1 aliphatic heterocycles. The maximum Gasteiger partial charge on any atom is 0.411 e. The summed E-state index contributed by atoms with van der Waals surface area (Å²) >= 11 is 0. The number of rotatable bonds is 10. The second-order valence-corrected chi connectivity index (χ2v) is 11.3. The molecule has 3 aromatic carbocycles. The Morgan fingerprint density at radius 2 is 1.49 bits per heavy atom. The highest BCUT2D eigenvalue weighted by Crippen LogP contribution is 2.26. The minimum absolute atomic E-state index is 0.0509. The van der Waals surface area contributed by atoms with Crippen molar-refractivity contribution in [2.24, 2.45) is 10.7 Å². The monoisotopic (exact) mass is 729 g/mol. The molecule has 0 aromatic heterocycles. The number of nitrogens with zero attached hydrogens (tertiary/aromatic N) is 7. The van der Waals surface area contributed by atoms with Crippen LogP contribution in [0.25, 0.3) is 0 Å². The van der Waals surface area contributed by atoms with Crippen molar-refractivity contribution in [3.05, 3.63) is 110 Å². The average molecular weight is 730 g/mol. The molecular weight excluding hydrogens is 686 g/mol. The smallest absolute Gasteiger partial charge is 0.411 e. The molecule has 0 aliphatic carbocycles. The van der Waals surface area contributed by atoms with Crippen molar-refractivity contribution in [2.45, 2.75) is 72.4 Å². The van der Waals surface area contributed by atoms with Crippen molar-refractivity contribution in [3.63, 3.8) is 0 Å². The number of amidine groups is 1. The topological polar surface area (TPSA) is 243 Å². The van der Waals surface area contributed by atoms with Gasteiger partial charge in [-0.3, -0.25) is 35.3 Å². The number of ether oxygens (including phenoxy) is 2. The number of nitrogens with two attached hydrogens (primary N) is 1. The summed E-state index contributed by atoms with van der Waals surface area (Å²) in [5, 5.41) is 42.0. The average Bonchev–Trinajstić information content (AvgIpc) is 3.28. The molecule has 17 nitrogen and oxygen atoms in total. The number of carbonyl (C=O) groups excluding carboxylic acids is 2. The number of hydrogen-bond donors (Lipinski definition) is 2. The minimum Gasteiger partial charge on any atom is -0.450 e. The van der Waals surface area contributed by atoms with Gasteiger partial charge in [0.25, 0.3) is 11.4 Å². The van der Waals surface area contributed by atoms with E-state index >= 15 is 0 Å². The van der Waals surface area contributed by atoms with Crippen LogP contribution in [0, 0.1) is 42.9 Å². The lowest BCUT2D eigenvalue weighted by molar-refractivity contribution is -0.385. The van der Waals surface area contributed by atoms with Gasteiger partial charge < -0.3 is 15.2 Å². The highest BCUT2D eigenvalue weighted by atomic mass is 16.6. The van der Waals surface area contributed by atoms with Gasteiger partial charge in [-0.1, -0.05) is 54.6 Å². The lowest BCUT2D eigenvalue weighted by atomic mass is 10.1. The van der Waals surface area contributed by atoms with Gasteiger partial charge in [0, 0.05) is 29.8 Å². The number of benzene rings is 3. The van der Waals surface area contributed by atoms with Gasteiger partial charge in [0.05, 0.1) is 66.1 Å². The molecule has 0 fully saturated rings. The maximum atomic E-state index is 11.9. The standard InChI is InChI=1S/C13H15N3O4.C13H17N3O2.C10H11N3O2/c1-3-20-13(17)15(10(2)8-14)9-11-6-4-5-7-12(11)16(18)19;1-3-18-13(17)16-8-10-6-4-5-7-11(10)15-12(14)9(16)2;1-8(6-11)12-7-9-4-2-3-5-10(9)13(14)15/h4-7,10H,3,9H2,1-2H3;4-7,9H,3,8H2,1-2H3,(H2,14,15);2-5,8,12H,7H2,1H3. The number of nitro groups is 2. The number of carbonyl (C=O) groups is 2. The van der Waals surface area contributed by atoms with E-state index in [2.05, 4.69) is 10.3 Å². The van der Waals surface area contributed by atoms with Gasteiger partial charge in [-0.15, -0.1) is 0 Å². The molecule has 1 heterocycles. The lowest BCUT2D eigenvalue weighted by Crippen LogP contribution is -2.45. The Bertz CT molecular complexity index is 1840. The van der Waals surface area contributed by atoms with E-state index in [1.54, 1.807) is 62.1 Å². The van der Waals surface area contributed by atoms with Crippen LogP contribution in [-0.2, 0) is 29.1 Å². The Morgan fingerprint density at radius 3 is 2.06 bits per heavy atom. The molecule has 3 N–H and O–H groups in total. The Kier molecular flexibility index (Phi) is 17.3. The molecule has 3 aromatic rings. The maximum absolute atomic E-state index is 11.9. The zero-order valence-electron chi connectivity index (χ0n) is 30.2. The van der Waals surface area contributed by atoms with Crippen LogP contribution < -0.4 is 11.1 Å². The van der Waals surface area contributed by atoms with E-state index in [0.29, 0.717) is 36.7 Å². The number of hydrogen-bond acceptors (Lipinski definition) is 13. The van der Waals surface area contributed by atoms with E-state index < -0.39 is 22.0 Å². The fraction of sp³-hybridized carbons (Fsp3) is 0.361. The molecule has 0 bridgehead atoms. The van der Waals surface area contributed by atoms with E-state index in [4.69, 9.17) is 25.7 Å². The van der Waals surface area contributed by atoms with Crippen LogP contribution in [0.3, 0.4) is 0 Å². The lowest BCUT2D eigenvalue weighted by Gasteiger charge is -2.26. The number of nitro benzene ring substituents is 2. The Morgan fingerprint density at radius 1 is 0.943 bits per heavy atom. The molecule has 17 heteroatoms. The predicted molar refractivity (Wildman–Crippen MR) is 195 cm³/mol. The SMILES string of the molecule is CC(C#N)NCc1ccccc1[N+](=O)[O-].CCOC(=O)N(Cc1ccccc1[N+](=O)[O-])C(C)C#N.CCOC(=O)N1Cc2ccccc2N=C(N)C1C. The first-order valence-corrected chi connectivity index (χ1v) is 16.5. The Hall–Kier alpha value is -6.59. The number of aliphatic imine (C=N–C) groups is 1. The van der Waals surface area contributed by atoms with Crippen molar-refractivity contribution in [2.75, 3.05) is 13.2 Å². The van der Waals surface area contributed by atoms with Crippen LogP contribution in [0.5, 0.6) is 0 Å². The van der Waals surface area contributed by atoms with Gasteiger partial charge in [-0.25, -0.2) is 14.6 Å². The van der Waals surface area contributed by atoms with Crippen molar-refractivity contribution in [3.8, 4) is 12.1 Å². The summed E-state index contributed by atoms with van der Waals surface area (Å²) in [6.07, 6.45) is -1.03. The molecule has 0 saturated carbocycles. The normalized spacial score (nSPS) is 13.9. The quantitative estimate of drug-likeness (QED) is 0.178. The largest absolute Gasteiger partial charge is 0.450 e. The third kappa shape index (κ3) is 12.9. The summed E-state index contributed by atoms with van der Waals surface area (Å²) in [5.41, 5.74) is 8.63. The van der Waals surface area contributed by atoms with Crippen molar-refractivity contribution in [1.82, 2.24) is 15.1 Å². The van der Waals surface area contributed by atoms with Crippen LogP contribution in [0.4, 0.5) is 26.7 Å². The molecule has 0 spiro atoms. The highest BCUT2D eigenvalue weighted by Gasteiger charge is 2.28. The molecule has 0 radical (unpaired) electrons. The van der Waals surface area contributed by atoms with Gasteiger partial charge in [-0.2, -0.15) is 10.5 Å². The van der Waals surface area contributed by atoms with E-state index in [9.17, 15) is 29.8 Å². The number of amides is 2. The fourth-order valence-corrected chi connectivity index (χ4v) is 4.68. The summed E-state index contributed by atoms with van der Waals surface area (Å²) in [6.45, 7) is 9.77. The molecule has 53 heavy (non-hydrogen) atoms. The number of fused-ring (bicyclic) bond motifs is 1. The summed E-state index contributed by atoms with van der Waals surface area (Å²) in [6, 6.07) is 22.8. The molecule has 280 valence electrons. The Labute approximate surface area is 307 Å². The molecule has 4 rings (SSSR count). The second kappa shape index (κ2) is 21.6. The summed E-state index contributed by atoms with van der Waals surface area (Å²) in [5.74, 6) is 0.424. The highest BCUT2D eigenvalue weighted by molar-refractivity contribution is 5.91. The number of nitrogens with one attached hydrogen (secondary N) is 1. The van der Waals surface area contributed by atoms with Crippen molar-refractivity contribution in [1.29, 1.82) is 10.5 Å². The van der Waals surface area contributed by atoms with Gasteiger partial charge in [-0.05, 0) is 46.2 Å². The zero-order valence-corrected chi connectivity index (χ0v) is 30.2. The minimum atomic E-state index is -0.742. The number of nitriles is 2. The molecule has 2 amide bonds. The van der Waals surface area contributed by atoms with Gasteiger partial charge in [0.15, 0.2) is 0 Å². The molecule has 3 unspecified atom stereocenters. The fourth-order valence-electron chi connectivity index (χ4n) is 4.68. The second-order valence-electron chi connectivity index (χ2n) is 11.3. The van der Waals surface area contributed by atoms with Gasteiger partial charge in [0.2, 0.25) is 0 Å². The molecular formula is C36H43N9O8. The first kappa shape index (κ1) is 42.6. The van der Waals surface area contributed by atoms with Crippen LogP contribution in [0.1, 0.15) is 51.3 Å². The van der Waals surface area contributed by atoms with Crippen LogP contribution in [0.2, 0.25) is 0 Å². The predicted octanol–water partition coefficient (Wildman–Crippen LogP) is 6.10. The summed E-state index contributed by atoms with van der Waals surface area (Å²) in [4.78, 5) is 51.5. The van der Waals surface area contributed by atoms with Crippen LogP contribution in [0.15, 0.2) is 77.8 Å². The third-order valence-corrected chi connectivity index (χ3v) is 7.65. The molecule has 3 atom stereocenters.